The number of terminal acetylenes is 1. The van der Waals surface area contributed by atoms with Crippen LogP contribution in [0.25, 0.3) is 0 Å². The van der Waals surface area contributed by atoms with Gasteiger partial charge in [0, 0.05) is 5.56 Å². The second-order valence-corrected chi connectivity index (χ2v) is 3.78. The fraction of sp³-hybridized carbons (Fsp3) is 0.308. The molecule has 1 amide bonds. The van der Waals surface area contributed by atoms with Crippen molar-refractivity contribution in [1.29, 1.82) is 0 Å². The predicted octanol–water partition coefficient (Wildman–Crippen LogP) is -0.549. The molecule has 1 unspecified atom stereocenters. The van der Waals surface area contributed by atoms with Crippen molar-refractivity contribution in [2.45, 2.75) is 6.54 Å². The Labute approximate surface area is 96.5 Å². The first-order valence-corrected chi connectivity index (χ1v) is 5.27. The molecule has 3 heteroatoms. The van der Waals surface area contributed by atoms with Crippen LogP contribution in [-0.2, 0) is 11.3 Å². The van der Waals surface area contributed by atoms with E-state index in [0.29, 0.717) is 13.1 Å². The minimum Gasteiger partial charge on any atom is -0.340 e. The SMILES string of the molecule is C#CCNC(=O)C[NH+](C)Cc1ccccc1. The highest BCUT2D eigenvalue weighted by molar-refractivity contribution is 5.77. The molecule has 0 aromatic heterocycles. The Morgan fingerprint density at radius 2 is 2.12 bits per heavy atom. The van der Waals surface area contributed by atoms with Crippen molar-refractivity contribution in [2.24, 2.45) is 0 Å². The predicted molar refractivity (Wildman–Crippen MR) is 63.7 cm³/mol. The minimum absolute atomic E-state index is 0.00798. The number of rotatable bonds is 5. The largest absolute Gasteiger partial charge is 0.340 e. The first-order valence-electron chi connectivity index (χ1n) is 5.27. The molecule has 0 spiro atoms. The van der Waals surface area contributed by atoms with E-state index in [1.54, 1.807) is 0 Å². The van der Waals surface area contributed by atoms with Gasteiger partial charge in [0.05, 0.1) is 13.6 Å². The van der Waals surface area contributed by atoms with E-state index in [9.17, 15) is 4.79 Å². The molecule has 0 heterocycles. The van der Waals surface area contributed by atoms with Crippen LogP contribution >= 0.6 is 0 Å². The molecule has 0 radical (unpaired) electrons. The van der Waals surface area contributed by atoms with Crippen molar-refractivity contribution in [3.63, 3.8) is 0 Å². The molecule has 0 saturated carbocycles. The van der Waals surface area contributed by atoms with E-state index >= 15 is 0 Å². The third kappa shape index (κ3) is 4.63. The highest BCUT2D eigenvalue weighted by atomic mass is 16.1. The van der Waals surface area contributed by atoms with Crippen LogP contribution in [0.5, 0.6) is 0 Å². The van der Waals surface area contributed by atoms with Crippen LogP contribution in [0.15, 0.2) is 30.3 Å². The third-order valence-corrected chi connectivity index (χ3v) is 2.20. The van der Waals surface area contributed by atoms with Gasteiger partial charge in [-0.1, -0.05) is 36.3 Å². The van der Waals surface area contributed by atoms with Gasteiger partial charge in [0.25, 0.3) is 5.91 Å². The zero-order valence-electron chi connectivity index (χ0n) is 9.49. The molecule has 0 bridgehead atoms. The molecule has 1 aromatic rings. The Bertz CT molecular complexity index is 367. The summed E-state index contributed by atoms with van der Waals surface area (Å²) in [4.78, 5) is 12.5. The number of benzene rings is 1. The second-order valence-electron chi connectivity index (χ2n) is 3.78. The lowest BCUT2D eigenvalue weighted by molar-refractivity contribution is -0.885. The summed E-state index contributed by atoms with van der Waals surface area (Å²) in [5.74, 6) is 2.37. The van der Waals surface area contributed by atoms with Crippen LogP contribution in [0.1, 0.15) is 5.56 Å². The summed E-state index contributed by atoms with van der Waals surface area (Å²) >= 11 is 0. The van der Waals surface area contributed by atoms with Gasteiger partial charge in [-0.3, -0.25) is 4.79 Å². The summed E-state index contributed by atoms with van der Waals surface area (Å²) in [5, 5.41) is 2.65. The monoisotopic (exact) mass is 217 g/mol. The lowest BCUT2D eigenvalue weighted by atomic mass is 10.2. The van der Waals surface area contributed by atoms with Gasteiger partial charge in [0.2, 0.25) is 0 Å². The number of amides is 1. The average Bonchev–Trinajstić information content (AvgIpc) is 2.27. The number of likely N-dealkylation sites (N-methyl/N-ethyl adjacent to an activating group) is 1. The Hall–Kier alpha value is -1.79. The van der Waals surface area contributed by atoms with E-state index < -0.39 is 0 Å². The Balaban J connectivity index is 2.34. The van der Waals surface area contributed by atoms with E-state index in [4.69, 9.17) is 6.42 Å². The van der Waals surface area contributed by atoms with Crippen LogP contribution < -0.4 is 10.2 Å². The van der Waals surface area contributed by atoms with Crippen LogP contribution in [0.3, 0.4) is 0 Å². The summed E-state index contributed by atoms with van der Waals surface area (Å²) in [6, 6.07) is 10.1. The van der Waals surface area contributed by atoms with Gasteiger partial charge in [-0.15, -0.1) is 6.42 Å². The van der Waals surface area contributed by atoms with Gasteiger partial charge in [0.15, 0.2) is 6.54 Å². The molecule has 0 aliphatic rings. The quantitative estimate of drug-likeness (QED) is 0.638. The lowest BCUT2D eigenvalue weighted by Gasteiger charge is -2.13. The van der Waals surface area contributed by atoms with Gasteiger partial charge in [-0.05, 0) is 0 Å². The first kappa shape index (κ1) is 12.3. The minimum atomic E-state index is -0.00798. The number of nitrogens with one attached hydrogen (secondary N) is 2. The van der Waals surface area contributed by atoms with Crippen LogP contribution in [0.2, 0.25) is 0 Å². The van der Waals surface area contributed by atoms with Crippen LogP contribution in [-0.4, -0.2) is 26.0 Å². The normalized spacial score (nSPS) is 11.5. The topological polar surface area (TPSA) is 33.5 Å². The molecule has 0 saturated heterocycles. The molecule has 0 fully saturated rings. The molecule has 84 valence electrons. The number of hydrogen-bond acceptors (Lipinski definition) is 1. The van der Waals surface area contributed by atoms with Crippen molar-refractivity contribution in [1.82, 2.24) is 5.32 Å². The van der Waals surface area contributed by atoms with E-state index in [1.807, 2.05) is 25.2 Å². The molecule has 16 heavy (non-hydrogen) atoms. The first-order chi connectivity index (χ1) is 7.72. The molecular formula is C13H17N2O+. The van der Waals surface area contributed by atoms with Gasteiger partial charge in [-0.25, -0.2) is 0 Å². The molecule has 1 atom stereocenters. The molecule has 1 rings (SSSR count). The van der Waals surface area contributed by atoms with E-state index in [2.05, 4.69) is 23.4 Å². The number of quaternary nitrogens is 1. The third-order valence-electron chi connectivity index (χ3n) is 2.20. The number of carbonyl (C=O) groups excluding carboxylic acids is 1. The maximum Gasteiger partial charge on any atom is 0.275 e. The van der Waals surface area contributed by atoms with Gasteiger partial charge in [0.1, 0.15) is 6.54 Å². The maximum atomic E-state index is 11.4. The van der Waals surface area contributed by atoms with Crippen molar-refractivity contribution in [3.8, 4) is 12.3 Å². The van der Waals surface area contributed by atoms with E-state index in [-0.39, 0.29) is 5.91 Å². The van der Waals surface area contributed by atoms with E-state index in [0.717, 1.165) is 11.4 Å². The van der Waals surface area contributed by atoms with Crippen molar-refractivity contribution in [2.75, 3.05) is 20.1 Å². The molecule has 3 nitrogen and oxygen atoms in total. The smallest absolute Gasteiger partial charge is 0.275 e. The van der Waals surface area contributed by atoms with Gasteiger partial charge >= 0.3 is 0 Å². The van der Waals surface area contributed by atoms with Gasteiger partial charge in [-0.2, -0.15) is 0 Å². The van der Waals surface area contributed by atoms with Crippen LogP contribution in [0, 0.1) is 12.3 Å². The number of carbonyl (C=O) groups is 1. The molecule has 2 N–H and O–H groups in total. The number of hydrogen-bond donors (Lipinski definition) is 2. The van der Waals surface area contributed by atoms with Gasteiger partial charge < -0.3 is 10.2 Å². The summed E-state index contributed by atoms with van der Waals surface area (Å²) < 4.78 is 0. The molecule has 1 aromatic carbocycles. The zero-order valence-corrected chi connectivity index (χ0v) is 9.49. The molecule has 0 aliphatic carbocycles. The Morgan fingerprint density at radius 3 is 2.75 bits per heavy atom. The summed E-state index contributed by atoms with van der Waals surface area (Å²) in [5.41, 5.74) is 1.23. The Morgan fingerprint density at radius 1 is 1.44 bits per heavy atom. The summed E-state index contributed by atoms with van der Waals surface area (Å²) in [7, 11) is 1.99. The van der Waals surface area contributed by atoms with Crippen molar-refractivity contribution in [3.05, 3.63) is 35.9 Å². The second kappa shape index (κ2) is 6.65. The van der Waals surface area contributed by atoms with Crippen molar-refractivity contribution >= 4 is 5.91 Å². The molecule has 0 aliphatic heterocycles. The maximum absolute atomic E-state index is 11.4. The fourth-order valence-corrected chi connectivity index (χ4v) is 1.49. The fourth-order valence-electron chi connectivity index (χ4n) is 1.49. The highest BCUT2D eigenvalue weighted by Crippen LogP contribution is 1.94. The average molecular weight is 217 g/mol. The molecular weight excluding hydrogens is 200 g/mol. The van der Waals surface area contributed by atoms with E-state index in [1.165, 1.54) is 5.56 Å². The zero-order chi connectivity index (χ0) is 11.8. The van der Waals surface area contributed by atoms with Crippen molar-refractivity contribution < 1.29 is 9.69 Å². The highest BCUT2D eigenvalue weighted by Gasteiger charge is 2.08. The Kier molecular flexibility index (Phi) is 5.10. The van der Waals surface area contributed by atoms with Crippen LogP contribution in [0.4, 0.5) is 0 Å². The lowest BCUT2D eigenvalue weighted by Crippen LogP contribution is -3.08. The summed E-state index contributed by atoms with van der Waals surface area (Å²) in [6.07, 6.45) is 5.06. The standard InChI is InChI=1S/C13H16N2O/c1-3-9-14-13(16)11-15(2)10-12-7-5-4-6-8-12/h1,4-8H,9-11H2,2H3,(H,14,16)/p+1. The summed E-state index contributed by atoms with van der Waals surface area (Å²) in [6.45, 7) is 1.58.